The zero-order chi connectivity index (χ0) is 29.1. The first kappa shape index (κ1) is 31.5. The van der Waals surface area contributed by atoms with Crippen LogP contribution in [0.5, 0.6) is 23.0 Å². The Labute approximate surface area is 240 Å². The largest absolute Gasteiger partial charge is 0.486 e. The first-order chi connectivity index (χ1) is 19.4. The van der Waals surface area contributed by atoms with Gasteiger partial charge in [-0.25, -0.2) is 4.99 Å². The highest BCUT2D eigenvalue weighted by atomic mass is 35.5. The van der Waals surface area contributed by atoms with Gasteiger partial charge in [0, 0.05) is 41.1 Å². The number of nitrogens with two attached hydrogens (primary N) is 2. The Hall–Kier alpha value is -3.00. The monoisotopic (exact) mass is 582 g/mol. The van der Waals surface area contributed by atoms with Gasteiger partial charge in [0.05, 0.1) is 37.7 Å². The Kier molecular flexibility index (Phi) is 12.4. The zero-order valence-corrected chi connectivity index (χ0v) is 24.4. The number of guanidine groups is 1. The molecule has 0 amide bonds. The van der Waals surface area contributed by atoms with Crippen LogP contribution in [0.25, 0.3) is 11.1 Å². The Morgan fingerprint density at radius 3 is 1.65 bits per heavy atom. The van der Waals surface area contributed by atoms with Crippen molar-refractivity contribution in [3.63, 3.8) is 0 Å². The molecule has 0 saturated carbocycles. The van der Waals surface area contributed by atoms with Crippen LogP contribution >= 0.6 is 11.6 Å². The lowest BCUT2D eigenvalue weighted by atomic mass is 9.97. The van der Waals surface area contributed by atoms with Gasteiger partial charge < -0.3 is 54.3 Å². The number of nitrogens with zero attached hydrogens (tertiary/aromatic N) is 2. The van der Waals surface area contributed by atoms with E-state index in [0.29, 0.717) is 60.7 Å². The van der Waals surface area contributed by atoms with Crippen LogP contribution in [0.15, 0.2) is 23.2 Å². The number of ether oxygens (including phenoxy) is 8. The van der Waals surface area contributed by atoms with E-state index in [1.165, 1.54) is 0 Å². The van der Waals surface area contributed by atoms with Gasteiger partial charge in [-0.05, 0) is 11.6 Å². The molecule has 2 aromatic rings. The maximum atomic E-state index is 6.92. The van der Waals surface area contributed by atoms with Crippen molar-refractivity contribution in [3.8, 4) is 34.1 Å². The molecule has 1 aliphatic rings. The first-order valence-corrected chi connectivity index (χ1v) is 13.1. The van der Waals surface area contributed by atoms with Crippen molar-refractivity contribution in [1.82, 2.24) is 4.90 Å². The van der Waals surface area contributed by atoms with Crippen LogP contribution in [0, 0.1) is 0 Å². The Balaban J connectivity index is 2.30. The van der Waals surface area contributed by atoms with Crippen molar-refractivity contribution in [2.24, 2.45) is 16.5 Å². The van der Waals surface area contributed by atoms with Crippen molar-refractivity contribution >= 4 is 23.2 Å². The smallest absolute Gasteiger partial charge is 0.197 e. The molecular weight excluding hydrogens is 544 g/mol. The maximum absolute atomic E-state index is 6.92. The average Bonchev–Trinajstić information content (AvgIpc) is 2.95. The highest BCUT2D eigenvalue weighted by Crippen LogP contribution is 2.56. The molecule has 1 heterocycles. The molecule has 0 bridgehead atoms. The molecular formula is C27H39ClN4O8. The fourth-order valence-corrected chi connectivity index (χ4v) is 4.22. The minimum absolute atomic E-state index is 0.180. The second-order valence-electron chi connectivity index (χ2n) is 8.67. The molecule has 0 fully saturated rings. The summed E-state index contributed by atoms with van der Waals surface area (Å²) in [4.78, 5) is 6.26. The van der Waals surface area contributed by atoms with Crippen LogP contribution in [-0.2, 0) is 18.9 Å². The lowest BCUT2D eigenvalue weighted by Gasteiger charge is -2.31. The van der Waals surface area contributed by atoms with Crippen LogP contribution in [0.3, 0.4) is 0 Å². The van der Waals surface area contributed by atoms with Gasteiger partial charge >= 0.3 is 0 Å². The molecule has 40 heavy (non-hydrogen) atoms. The van der Waals surface area contributed by atoms with E-state index in [1.807, 2.05) is 18.2 Å². The van der Waals surface area contributed by atoms with Gasteiger partial charge in [0.1, 0.15) is 37.6 Å². The first-order valence-electron chi connectivity index (χ1n) is 12.7. The summed E-state index contributed by atoms with van der Waals surface area (Å²) >= 11 is 6.92. The number of hydrogen-bond donors (Lipinski definition) is 2. The van der Waals surface area contributed by atoms with E-state index in [9.17, 15) is 0 Å². The number of hydrogen-bond acceptors (Lipinski definition) is 12. The predicted octanol–water partition coefficient (Wildman–Crippen LogP) is 2.96. The quantitative estimate of drug-likeness (QED) is 0.266. The SMILES string of the molecule is COCCOc1c(Cl)c(OCCOC)c(OCCOC)c(-c2ccc3c(c2)N=C(N)N(C)C3N)c1OCCOC. The minimum Gasteiger partial charge on any atom is -0.486 e. The third-order valence-electron chi connectivity index (χ3n) is 6.05. The second kappa shape index (κ2) is 15.7. The van der Waals surface area contributed by atoms with Gasteiger partial charge in [0.25, 0.3) is 0 Å². The highest BCUT2D eigenvalue weighted by molar-refractivity contribution is 6.34. The number of halogens is 1. The van der Waals surface area contributed by atoms with Crippen LogP contribution in [0.1, 0.15) is 11.7 Å². The van der Waals surface area contributed by atoms with E-state index in [1.54, 1.807) is 40.4 Å². The van der Waals surface area contributed by atoms with Crippen molar-refractivity contribution in [3.05, 3.63) is 28.8 Å². The molecule has 0 radical (unpaired) electrons. The molecule has 3 rings (SSSR count). The summed E-state index contributed by atoms with van der Waals surface area (Å²) < 4.78 is 45.5. The molecule has 4 N–H and O–H groups in total. The Morgan fingerprint density at radius 1 is 0.750 bits per heavy atom. The fourth-order valence-electron chi connectivity index (χ4n) is 3.94. The lowest BCUT2D eigenvalue weighted by Crippen LogP contribution is -2.42. The van der Waals surface area contributed by atoms with Crippen molar-refractivity contribution in [2.75, 3.05) is 88.3 Å². The average molecular weight is 583 g/mol. The van der Waals surface area contributed by atoms with E-state index >= 15 is 0 Å². The Morgan fingerprint density at radius 2 is 1.20 bits per heavy atom. The molecule has 0 saturated heterocycles. The lowest BCUT2D eigenvalue weighted by molar-refractivity contribution is 0.126. The summed E-state index contributed by atoms with van der Waals surface area (Å²) in [7, 11) is 8.13. The second-order valence-corrected chi connectivity index (χ2v) is 9.05. The molecule has 1 aliphatic heterocycles. The number of benzene rings is 2. The molecule has 0 aliphatic carbocycles. The number of fused-ring (bicyclic) bond motifs is 1. The third-order valence-corrected chi connectivity index (χ3v) is 6.40. The van der Waals surface area contributed by atoms with E-state index in [4.69, 9.17) is 61.0 Å². The molecule has 13 heteroatoms. The van der Waals surface area contributed by atoms with Crippen LogP contribution < -0.4 is 30.4 Å². The van der Waals surface area contributed by atoms with Crippen LogP contribution in [-0.4, -0.2) is 99.2 Å². The predicted molar refractivity (Wildman–Crippen MR) is 152 cm³/mol. The summed E-state index contributed by atoms with van der Waals surface area (Å²) in [6, 6.07) is 5.66. The van der Waals surface area contributed by atoms with Gasteiger partial charge in [-0.15, -0.1) is 0 Å². The molecule has 1 unspecified atom stereocenters. The van der Waals surface area contributed by atoms with Crippen LogP contribution in [0.2, 0.25) is 5.02 Å². The van der Waals surface area contributed by atoms with Gasteiger partial charge in [0.2, 0.25) is 0 Å². The molecule has 0 aromatic heterocycles. The van der Waals surface area contributed by atoms with E-state index < -0.39 is 6.17 Å². The molecule has 12 nitrogen and oxygen atoms in total. The van der Waals surface area contributed by atoms with Gasteiger partial charge in [-0.1, -0.05) is 23.7 Å². The van der Waals surface area contributed by atoms with E-state index in [2.05, 4.69) is 4.99 Å². The normalized spacial score (nSPS) is 14.5. The highest BCUT2D eigenvalue weighted by Gasteiger charge is 2.31. The minimum atomic E-state index is -0.456. The molecule has 2 aromatic carbocycles. The van der Waals surface area contributed by atoms with Crippen molar-refractivity contribution < 1.29 is 37.9 Å². The fraction of sp³-hybridized carbons (Fsp3) is 0.519. The number of aliphatic imine (C=N–C) groups is 1. The zero-order valence-electron chi connectivity index (χ0n) is 23.7. The molecule has 1 atom stereocenters. The standard InChI is InChI=1S/C27H39ClN4O8/c1-32-26(29)18-7-6-17(16-19(18)31-27(32)30)20-22(37-12-8-33-2)24(39-14-10-35-4)21(28)25(40-15-11-36-5)23(20)38-13-9-34-3/h6-7,16,26H,8-15,29H2,1-5H3,(H2,30,31). The van der Waals surface area contributed by atoms with E-state index in [-0.39, 0.29) is 42.9 Å². The summed E-state index contributed by atoms with van der Waals surface area (Å²) in [6.45, 7) is 2.16. The molecule has 222 valence electrons. The van der Waals surface area contributed by atoms with E-state index in [0.717, 1.165) is 5.56 Å². The summed E-state index contributed by atoms with van der Waals surface area (Å²) in [6.07, 6.45) is -0.456. The maximum Gasteiger partial charge on any atom is 0.197 e. The van der Waals surface area contributed by atoms with Gasteiger partial charge in [-0.3, -0.25) is 0 Å². The molecule has 0 spiro atoms. The summed E-state index contributed by atoms with van der Waals surface area (Å²) in [5.41, 5.74) is 15.2. The van der Waals surface area contributed by atoms with Crippen LogP contribution in [0.4, 0.5) is 5.69 Å². The van der Waals surface area contributed by atoms with Gasteiger partial charge in [-0.2, -0.15) is 0 Å². The van der Waals surface area contributed by atoms with Crippen molar-refractivity contribution in [2.45, 2.75) is 6.17 Å². The number of rotatable bonds is 17. The Bertz CT molecular complexity index is 1100. The summed E-state index contributed by atoms with van der Waals surface area (Å²) in [5, 5.41) is 0.180. The number of methoxy groups -OCH3 is 4. The summed E-state index contributed by atoms with van der Waals surface area (Å²) in [5.74, 6) is 1.54. The van der Waals surface area contributed by atoms with Crippen molar-refractivity contribution in [1.29, 1.82) is 0 Å². The topological polar surface area (TPSA) is 141 Å². The third kappa shape index (κ3) is 7.39. The van der Waals surface area contributed by atoms with Gasteiger partial charge in [0.15, 0.2) is 29.0 Å².